The Labute approximate surface area is 207 Å². The molecule has 0 bridgehead atoms. The van der Waals surface area contributed by atoms with Crippen LogP contribution >= 0.6 is 11.8 Å². The van der Waals surface area contributed by atoms with Crippen molar-refractivity contribution in [3.05, 3.63) is 42.2 Å². The van der Waals surface area contributed by atoms with E-state index in [0.29, 0.717) is 16.3 Å². The number of anilines is 2. The monoisotopic (exact) mass is 531 g/mol. The fourth-order valence-corrected chi connectivity index (χ4v) is 6.25. The fraction of sp³-hybridized carbons (Fsp3) is 0.458. The van der Waals surface area contributed by atoms with Crippen LogP contribution in [-0.2, 0) is 14.6 Å². The number of halogens is 3. The van der Waals surface area contributed by atoms with E-state index in [1.165, 1.54) is 49.0 Å². The number of aliphatic carboxylic acids is 1. The molecule has 0 unspecified atom stereocenters. The van der Waals surface area contributed by atoms with Crippen LogP contribution in [0.3, 0.4) is 0 Å². The molecule has 1 N–H and O–H groups in total. The van der Waals surface area contributed by atoms with Gasteiger partial charge in [0.1, 0.15) is 18.2 Å². The molecule has 35 heavy (non-hydrogen) atoms. The van der Waals surface area contributed by atoms with Gasteiger partial charge in [-0.05, 0) is 62.8 Å². The molecule has 192 valence electrons. The lowest BCUT2D eigenvalue weighted by Crippen LogP contribution is -2.27. The summed E-state index contributed by atoms with van der Waals surface area (Å²) >= 11 is 1.30. The molecule has 0 saturated heterocycles. The number of benzene rings is 2. The van der Waals surface area contributed by atoms with E-state index in [-0.39, 0.29) is 36.0 Å². The van der Waals surface area contributed by atoms with E-state index in [1.807, 2.05) is 0 Å². The van der Waals surface area contributed by atoms with Gasteiger partial charge in [0, 0.05) is 24.7 Å². The number of carboxylic acids is 1. The summed E-state index contributed by atoms with van der Waals surface area (Å²) in [5, 5.41) is 9.15. The summed E-state index contributed by atoms with van der Waals surface area (Å²) in [6.45, 7) is 2.28. The summed E-state index contributed by atoms with van der Waals surface area (Å²) in [5.74, 6) is -5.95. The molecule has 0 amide bonds. The van der Waals surface area contributed by atoms with Crippen molar-refractivity contribution in [3.8, 4) is 5.75 Å². The highest BCUT2D eigenvalue weighted by Gasteiger charge is 2.35. The van der Waals surface area contributed by atoms with Gasteiger partial charge in [-0.2, -0.15) is 0 Å². The van der Waals surface area contributed by atoms with E-state index < -0.39 is 45.8 Å². The first-order chi connectivity index (χ1) is 16.3. The van der Waals surface area contributed by atoms with Gasteiger partial charge in [0.25, 0.3) is 0 Å². The Morgan fingerprint density at radius 1 is 1.29 bits per heavy atom. The number of thioether (sulfide) groups is 1. The van der Waals surface area contributed by atoms with E-state index in [1.54, 1.807) is 17.2 Å². The predicted octanol–water partition coefficient (Wildman–Crippen LogP) is 5.62. The summed E-state index contributed by atoms with van der Waals surface area (Å²) in [6.07, 6.45) is 1.30. The van der Waals surface area contributed by atoms with Gasteiger partial charge >= 0.3 is 5.97 Å². The second-order valence-corrected chi connectivity index (χ2v) is 11.7. The summed E-state index contributed by atoms with van der Waals surface area (Å²) in [5.41, 5.74) is 0.864. The summed E-state index contributed by atoms with van der Waals surface area (Å²) in [7, 11) is -3.91. The minimum atomic E-state index is -3.91. The lowest BCUT2D eigenvalue weighted by atomic mass is 10.0. The molecular formula is C24H28F3NO5S2. The molecule has 2 aromatic rings. The number of fused-ring (bicyclic) bond motifs is 1. The third kappa shape index (κ3) is 6.84. The third-order valence-electron chi connectivity index (χ3n) is 5.81. The van der Waals surface area contributed by atoms with Gasteiger partial charge in [-0.15, -0.1) is 11.8 Å². The van der Waals surface area contributed by atoms with E-state index in [2.05, 4.69) is 0 Å². The van der Waals surface area contributed by atoms with Crippen LogP contribution in [0.25, 0.3) is 0 Å². The van der Waals surface area contributed by atoms with E-state index >= 15 is 0 Å². The number of hydrogen-bond donors (Lipinski definition) is 1. The second kappa shape index (κ2) is 10.7. The molecule has 0 spiro atoms. The zero-order valence-corrected chi connectivity index (χ0v) is 21.3. The van der Waals surface area contributed by atoms with Crippen molar-refractivity contribution in [2.24, 2.45) is 11.8 Å². The average molecular weight is 532 g/mol. The number of rotatable bonds is 9. The van der Waals surface area contributed by atoms with Gasteiger partial charge in [-0.3, -0.25) is 4.79 Å². The number of nitrogens with zero attached hydrogens (tertiary/aromatic N) is 1. The van der Waals surface area contributed by atoms with Crippen LogP contribution in [0.15, 0.2) is 46.2 Å². The van der Waals surface area contributed by atoms with Crippen molar-refractivity contribution >= 4 is 38.9 Å². The standard InChI is InChI=1S/C24H28F3NO5S2/c1-15(23(29)30)13-33-20-11-22-19(10-21(20)34-3)28(18-6-4-17(25)5-7-18)12-16(14-35(22,31)32)8-9-24(2,26)27/h4-7,10-11,15-16H,8-9,12-14H2,1-3H3,(H,29,30)/t15-,16+/m1/s1. The molecule has 3 rings (SSSR count). The van der Waals surface area contributed by atoms with Crippen LogP contribution in [0, 0.1) is 17.7 Å². The van der Waals surface area contributed by atoms with Crippen molar-refractivity contribution in [1.82, 2.24) is 0 Å². The van der Waals surface area contributed by atoms with E-state index in [0.717, 1.165) is 6.92 Å². The largest absolute Gasteiger partial charge is 0.491 e. The van der Waals surface area contributed by atoms with Crippen LogP contribution in [0.4, 0.5) is 24.5 Å². The zero-order chi connectivity index (χ0) is 26.0. The quantitative estimate of drug-likeness (QED) is 0.420. The Morgan fingerprint density at radius 3 is 2.51 bits per heavy atom. The van der Waals surface area contributed by atoms with Crippen LogP contribution < -0.4 is 9.64 Å². The smallest absolute Gasteiger partial charge is 0.309 e. The lowest BCUT2D eigenvalue weighted by Gasteiger charge is -2.28. The number of carboxylic acid groups (broad SMARTS) is 1. The van der Waals surface area contributed by atoms with Crippen molar-refractivity contribution < 1.29 is 36.2 Å². The number of hydrogen-bond acceptors (Lipinski definition) is 6. The Morgan fingerprint density at radius 2 is 1.94 bits per heavy atom. The molecular weight excluding hydrogens is 503 g/mol. The predicted molar refractivity (Wildman–Crippen MR) is 129 cm³/mol. The van der Waals surface area contributed by atoms with Gasteiger partial charge in [0.15, 0.2) is 9.84 Å². The van der Waals surface area contributed by atoms with Crippen molar-refractivity contribution in [1.29, 1.82) is 0 Å². The maximum absolute atomic E-state index is 13.6. The number of sulfone groups is 1. The molecule has 6 nitrogen and oxygen atoms in total. The number of ether oxygens (including phenoxy) is 1. The van der Waals surface area contributed by atoms with E-state index in [9.17, 15) is 26.4 Å². The molecule has 0 aliphatic carbocycles. The Balaban J connectivity index is 2.11. The SMILES string of the molecule is CSc1cc2c(cc1OC[C@@H](C)C(=O)O)S(=O)(=O)C[C@@H](CCC(C)(F)F)CN2c1ccc(F)cc1. The van der Waals surface area contributed by atoms with Crippen molar-refractivity contribution in [2.75, 3.05) is 30.1 Å². The molecule has 0 aromatic heterocycles. The topological polar surface area (TPSA) is 83.9 Å². The molecule has 1 aliphatic heterocycles. The first kappa shape index (κ1) is 27.2. The van der Waals surface area contributed by atoms with Crippen LogP contribution in [-0.4, -0.2) is 50.6 Å². The second-order valence-electron chi connectivity index (χ2n) is 8.86. The maximum atomic E-state index is 13.6. The number of alkyl halides is 2. The third-order valence-corrected chi connectivity index (χ3v) is 8.47. The fourth-order valence-electron chi connectivity index (χ4n) is 3.86. The Hall–Kier alpha value is -2.40. The Kier molecular flexibility index (Phi) is 8.31. The molecule has 1 aliphatic rings. The average Bonchev–Trinajstić information content (AvgIpc) is 2.89. The highest BCUT2D eigenvalue weighted by atomic mass is 32.2. The lowest BCUT2D eigenvalue weighted by molar-refractivity contribution is -0.142. The molecule has 11 heteroatoms. The van der Waals surface area contributed by atoms with Gasteiger partial charge in [0.05, 0.1) is 27.1 Å². The van der Waals surface area contributed by atoms with E-state index in [4.69, 9.17) is 9.84 Å². The molecule has 1 heterocycles. The van der Waals surface area contributed by atoms with Crippen molar-refractivity contribution in [3.63, 3.8) is 0 Å². The molecule has 2 aromatic carbocycles. The van der Waals surface area contributed by atoms with Gasteiger partial charge in [0.2, 0.25) is 5.92 Å². The zero-order valence-electron chi connectivity index (χ0n) is 19.6. The summed E-state index contributed by atoms with van der Waals surface area (Å²) < 4.78 is 73.3. The highest BCUT2D eigenvalue weighted by Crippen LogP contribution is 2.43. The molecule has 0 fully saturated rings. The van der Waals surface area contributed by atoms with Gasteiger partial charge < -0.3 is 14.7 Å². The molecule has 0 radical (unpaired) electrons. The Bertz CT molecular complexity index is 1170. The van der Waals surface area contributed by atoms with Crippen LogP contribution in [0.2, 0.25) is 0 Å². The van der Waals surface area contributed by atoms with Crippen LogP contribution in [0.5, 0.6) is 5.75 Å². The highest BCUT2D eigenvalue weighted by molar-refractivity contribution is 7.98. The normalized spacial score (nSPS) is 18.5. The first-order valence-corrected chi connectivity index (χ1v) is 13.9. The summed E-state index contributed by atoms with van der Waals surface area (Å²) in [6, 6.07) is 8.55. The molecule has 2 atom stereocenters. The van der Waals surface area contributed by atoms with Crippen LogP contribution in [0.1, 0.15) is 26.7 Å². The number of carbonyl (C=O) groups is 1. The summed E-state index contributed by atoms with van der Waals surface area (Å²) in [4.78, 5) is 13.4. The first-order valence-electron chi connectivity index (χ1n) is 11.0. The van der Waals surface area contributed by atoms with Crippen molar-refractivity contribution in [2.45, 2.75) is 42.4 Å². The van der Waals surface area contributed by atoms with Gasteiger partial charge in [-0.25, -0.2) is 21.6 Å². The molecule has 0 saturated carbocycles. The van der Waals surface area contributed by atoms with Gasteiger partial charge in [-0.1, -0.05) is 0 Å². The minimum absolute atomic E-state index is 0.0106. The maximum Gasteiger partial charge on any atom is 0.309 e. The minimum Gasteiger partial charge on any atom is -0.491 e.